The number of rotatable bonds is 2. The molecule has 5 heteroatoms. The first kappa shape index (κ1) is 11.3. The van der Waals surface area contributed by atoms with Crippen LogP contribution in [0.1, 0.15) is 33.6 Å². The summed E-state index contributed by atoms with van der Waals surface area (Å²) in [5.74, 6) is 0.968. The number of nitrogens with one attached hydrogen (secondary N) is 1. The highest BCUT2D eigenvalue weighted by Gasteiger charge is 2.32. The maximum absolute atomic E-state index is 11.7. The van der Waals surface area contributed by atoms with Crippen LogP contribution in [-0.2, 0) is 10.0 Å². The van der Waals surface area contributed by atoms with Crippen LogP contribution in [0, 0.1) is 0 Å². The Morgan fingerprint density at radius 2 is 2.00 bits per heavy atom. The predicted molar refractivity (Wildman–Crippen MR) is 57.3 cm³/mol. The first-order valence-electron chi connectivity index (χ1n) is 4.46. The van der Waals surface area contributed by atoms with E-state index in [2.05, 4.69) is 4.72 Å². The summed E-state index contributed by atoms with van der Waals surface area (Å²) in [6.45, 7) is 5.60. The normalized spacial score (nSPS) is 25.0. The predicted octanol–water partition coefficient (Wildman–Crippen LogP) is 1.56. The molecule has 1 saturated heterocycles. The fraction of sp³-hybridized carbons (Fsp3) is 1.00. The zero-order chi connectivity index (χ0) is 10.1. The van der Waals surface area contributed by atoms with Crippen molar-refractivity contribution in [2.75, 3.05) is 5.75 Å². The van der Waals surface area contributed by atoms with Crippen LogP contribution in [0.2, 0.25) is 0 Å². The van der Waals surface area contributed by atoms with E-state index in [0.717, 1.165) is 18.6 Å². The summed E-state index contributed by atoms with van der Waals surface area (Å²) < 4.78 is 25.9. The molecule has 1 fully saturated rings. The van der Waals surface area contributed by atoms with Crippen LogP contribution in [0.15, 0.2) is 0 Å². The molecule has 3 nitrogen and oxygen atoms in total. The minimum atomic E-state index is -3.10. The van der Waals surface area contributed by atoms with Gasteiger partial charge in [0.05, 0.1) is 0 Å². The smallest absolute Gasteiger partial charge is 0.211 e. The molecule has 0 bridgehead atoms. The molecule has 0 aromatic heterocycles. The minimum absolute atomic E-state index is 0.230. The third-order valence-electron chi connectivity index (χ3n) is 1.68. The van der Waals surface area contributed by atoms with Crippen molar-refractivity contribution in [3.8, 4) is 0 Å². The molecule has 0 amide bonds. The lowest BCUT2D eigenvalue weighted by Crippen LogP contribution is -2.44. The Morgan fingerprint density at radius 3 is 2.38 bits per heavy atom. The quantitative estimate of drug-likeness (QED) is 0.772. The summed E-state index contributed by atoms with van der Waals surface area (Å²) in [5, 5.41) is 0. The Labute approximate surface area is 84.7 Å². The molecule has 1 atom stereocenters. The Bertz CT molecular complexity index is 260. The zero-order valence-corrected chi connectivity index (χ0v) is 9.96. The number of hydrogen-bond donors (Lipinski definition) is 1. The van der Waals surface area contributed by atoms with Gasteiger partial charge in [-0.1, -0.05) is 0 Å². The molecule has 1 aliphatic heterocycles. The number of sulfonamides is 1. The Kier molecular flexibility index (Phi) is 3.30. The summed E-state index contributed by atoms with van der Waals surface area (Å²) >= 11 is 1.54. The second-order valence-electron chi connectivity index (χ2n) is 4.34. The minimum Gasteiger partial charge on any atom is -0.211 e. The highest BCUT2D eigenvalue weighted by Crippen LogP contribution is 2.30. The van der Waals surface area contributed by atoms with E-state index in [1.807, 2.05) is 20.8 Å². The van der Waals surface area contributed by atoms with Gasteiger partial charge in [0.25, 0.3) is 0 Å². The molecule has 0 aromatic carbocycles. The Hall–Kier alpha value is 0.260. The Balaban J connectivity index is 2.66. The van der Waals surface area contributed by atoms with Gasteiger partial charge < -0.3 is 0 Å². The van der Waals surface area contributed by atoms with E-state index in [-0.39, 0.29) is 10.1 Å². The van der Waals surface area contributed by atoms with Crippen molar-refractivity contribution in [2.24, 2.45) is 0 Å². The maximum atomic E-state index is 11.7. The maximum Gasteiger partial charge on any atom is 0.224 e. The van der Waals surface area contributed by atoms with E-state index in [1.54, 1.807) is 0 Å². The first-order valence-corrected chi connectivity index (χ1v) is 7.05. The first-order chi connectivity index (χ1) is 5.81. The summed E-state index contributed by atoms with van der Waals surface area (Å²) in [6, 6.07) is 0. The molecular weight excluding hydrogens is 206 g/mol. The van der Waals surface area contributed by atoms with E-state index in [4.69, 9.17) is 0 Å². The summed E-state index contributed by atoms with van der Waals surface area (Å²) in [5.41, 5.74) is -0.359. The molecule has 78 valence electrons. The average Bonchev–Trinajstić information content (AvgIpc) is 2.29. The molecule has 0 saturated carbocycles. The molecule has 0 spiro atoms. The van der Waals surface area contributed by atoms with Crippen LogP contribution in [-0.4, -0.2) is 24.3 Å². The number of thioether (sulfide) groups is 1. The van der Waals surface area contributed by atoms with Crippen molar-refractivity contribution in [1.29, 1.82) is 0 Å². The summed E-state index contributed by atoms with van der Waals surface area (Å²) in [4.78, 5) is 0. The highest BCUT2D eigenvalue weighted by molar-refractivity contribution is 8.13. The lowest BCUT2D eigenvalue weighted by Gasteiger charge is -2.22. The molecule has 1 aliphatic rings. The van der Waals surface area contributed by atoms with Crippen molar-refractivity contribution in [3.63, 3.8) is 0 Å². The molecule has 0 aromatic rings. The van der Waals surface area contributed by atoms with Gasteiger partial charge in [0.15, 0.2) is 0 Å². The van der Waals surface area contributed by atoms with Gasteiger partial charge >= 0.3 is 0 Å². The lowest BCUT2D eigenvalue weighted by atomic mass is 10.1. The van der Waals surface area contributed by atoms with Crippen molar-refractivity contribution >= 4 is 21.8 Å². The topological polar surface area (TPSA) is 46.2 Å². The van der Waals surface area contributed by atoms with Gasteiger partial charge in [-0.25, -0.2) is 13.1 Å². The van der Waals surface area contributed by atoms with Crippen LogP contribution >= 0.6 is 11.8 Å². The van der Waals surface area contributed by atoms with E-state index in [9.17, 15) is 8.42 Å². The molecule has 0 aliphatic carbocycles. The van der Waals surface area contributed by atoms with E-state index in [1.165, 1.54) is 11.8 Å². The van der Waals surface area contributed by atoms with Crippen molar-refractivity contribution in [3.05, 3.63) is 0 Å². The van der Waals surface area contributed by atoms with Crippen LogP contribution in [0.5, 0.6) is 0 Å². The van der Waals surface area contributed by atoms with Gasteiger partial charge in [-0.05, 0) is 39.4 Å². The molecule has 13 heavy (non-hydrogen) atoms. The second kappa shape index (κ2) is 3.79. The fourth-order valence-corrected chi connectivity index (χ4v) is 4.83. The second-order valence-corrected chi connectivity index (χ2v) is 7.81. The van der Waals surface area contributed by atoms with Gasteiger partial charge in [0.1, 0.15) is 4.58 Å². The monoisotopic (exact) mass is 223 g/mol. The van der Waals surface area contributed by atoms with Crippen molar-refractivity contribution in [1.82, 2.24) is 4.72 Å². The molecular formula is C8H17NO2S2. The van der Waals surface area contributed by atoms with Crippen LogP contribution in [0.4, 0.5) is 0 Å². The standard InChI is InChI=1S/C8H17NO2S2/c1-8(2,3)9-13(10,11)7-5-4-6-12-7/h7,9H,4-6H2,1-3H3. The molecule has 1 unspecified atom stereocenters. The van der Waals surface area contributed by atoms with E-state index < -0.39 is 10.0 Å². The largest absolute Gasteiger partial charge is 0.224 e. The zero-order valence-electron chi connectivity index (χ0n) is 8.33. The third kappa shape index (κ3) is 3.48. The third-order valence-corrected chi connectivity index (χ3v) is 5.81. The van der Waals surface area contributed by atoms with Gasteiger partial charge in [0, 0.05) is 5.54 Å². The van der Waals surface area contributed by atoms with Gasteiger partial charge in [-0.2, -0.15) is 0 Å². The Morgan fingerprint density at radius 1 is 1.38 bits per heavy atom. The van der Waals surface area contributed by atoms with E-state index >= 15 is 0 Å². The van der Waals surface area contributed by atoms with Crippen molar-refractivity contribution < 1.29 is 8.42 Å². The van der Waals surface area contributed by atoms with Gasteiger partial charge in [-0.15, -0.1) is 11.8 Å². The highest BCUT2D eigenvalue weighted by atomic mass is 32.3. The van der Waals surface area contributed by atoms with Crippen LogP contribution < -0.4 is 4.72 Å². The lowest BCUT2D eigenvalue weighted by molar-refractivity contribution is 0.489. The van der Waals surface area contributed by atoms with Crippen LogP contribution in [0.3, 0.4) is 0 Å². The summed E-state index contributed by atoms with van der Waals surface area (Å²) in [7, 11) is -3.10. The SMILES string of the molecule is CC(C)(C)NS(=O)(=O)C1CCCS1. The van der Waals surface area contributed by atoms with Gasteiger partial charge in [0.2, 0.25) is 10.0 Å². The summed E-state index contributed by atoms with van der Waals surface area (Å²) in [6.07, 6.45) is 1.80. The van der Waals surface area contributed by atoms with E-state index in [0.29, 0.717) is 0 Å². The number of hydrogen-bond acceptors (Lipinski definition) is 3. The molecule has 1 heterocycles. The molecule has 0 radical (unpaired) electrons. The van der Waals surface area contributed by atoms with Crippen LogP contribution in [0.25, 0.3) is 0 Å². The van der Waals surface area contributed by atoms with Crippen molar-refractivity contribution in [2.45, 2.75) is 43.7 Å². The molecule has 1 N–H and O–H groups in total. The molecule has 1 rings (SSSR count). The van der Waals surface area contributed by atoms with Gasteiger partial charge in [-0.3, -0.25) is 0 Å². The fourth-order valence-electron chi connectivity index (χ4n) is 1.29. The average molecular weight is 223 g/mol.